The van der Waals surface area contributed by atoms with Crippen molar-refractivity contribution in [1.29, 1.82) is 0 Å². The predicted molar refractivity (Wildman–Crippen MR) is 80.5 cm³/mol. The van der Waals surface area contributed by atoms with E-state index in [0.717, 1.165) is 32.4 Å². The fraction of sp³-hybridized carbons (Fsp3) is 0.588. The number of carbonyl (C=O) groups is 1. The number of nitrogens with one attached hydrogen (secondary N) is 1. The molecule has 108 valence electrons. The van der Waals surface area contributed by atoms with Gasteiger partial charge in [-0.2, -0.15) is 0 Å². The van der Waals surface area contributed by atoms with Crippen molar-refractivity contribution in [2.24, 2.45) is 0 Å². The SMILES string of the molecule is O=C(CCCc1ccccc1)N1CCC2CCC(C1)N2. The molecule has 2 aliphatic rings. The lowest BCUT2D eigenvalue weighted by molar-refractivity contribution is -0.131. The molecule has 1 amide bonds. The van der Waals surface area contributed by atoms with Gasteiger partial charge >= 0.3 is 0 Å². The Balaban J connectivity index is 1.44. The van der Waals surface area contributed by atoms with Gasteiger partial charge in [-0.3, -0.25) is 4.79 Å². The van der Waals surface area contributed by atoms with Gasteiger partial charge in [-0.1, -0.05) is 30.3 Å². The Bertz CT molecular complexity index is 446. The molecular weight excluding hydrogens is 248 g/mol. The Kier molecular flexibility index (Phi) is 4.36. The third-order valence-corrected chi connectivity index (χ3v) is 4.57. The van der Waals surface area contributed by atoms with Gasteiger partial charge in [0.2, 0.25) is 5.91 Å². The van der Waals surface area contributed by atoms with Gasteiger partial charge < -0.3 is 10.2 Å². The lowest BCUT2D eigenvalue weighted by Crippen LogP contribution is -2.38. The van der Waals surface area contributed by atoms with E-state index in [1.165, 1.54) is 18.4 Å². The molecule has 2 bridgehead atoms. The van der Waals surface area contributed by atoms with E-state index in [-0.39, 0.29) is 0 Å². The third kappa shape index (κ3) is 3.40. The number of likely N-dealkylation sites (tertiary alicyclic amines) is 1. The van der Waals surface area contributed by atoms with Gasteiger partial charge in [-0.05, 0) is 37.7 Å². The van der Waals surface area contributed by atoms with Crippen molar-refractivity contribution < 1.29 is 4.79 Å². The van der Waals surface area contributed by atoms with Crippen LogP contribution in [0.4, 0.5) is 0 Å². The van der Waals surface area contributed by atoms with E-state index >= 15 is 0 Å². The molecule has 2 fully saturated rings. The van der Waals surface area contributed by atoms with Crippen LogP contribution in [0.3, 0.4) is 0 Å². The largest absolute Gasteiger partial charge is 0.341 e. The highest BCUT2D eigenvalue weighted by Crippen LogP contribution is 2.21. The Hall–Kier alpha value is -1.35. The highest BCUT2D eigenvalue weighted by Gasteiger charge is 2.30. The van der Waals surface area contributed by atoms with Crippen molar-refractivity contribution in [2.45, 2.75) is 50.6 Å². The average molecular weight is 272 g/mol. The van der Waals surface area contributed by atoms with E-state index in [1.807, 2.05) is 6.07 Å². The predicted octanol–water partition coefficient (Wildman–Crippen LogP) is 2.36. The van der Waals surface area contributed by atoms with Crippen molar-refractivity contribution >= 4 is 5.91 Å². The Morgan fingerprint density at radius 1 is 1.15 bits per heavy atom. The Morgan fingerprint density at radius 3 is 2.80 bits per heavy atom. The molecule has 0 aromatic heterocycles. The number of benzene rings is 1. The van der Waals surface area contributed by atoms with Gasteiger partial charge in [-0.15, -0.1) is 0 Å². The minimum Gasteiger partial charge on any atom is -0.341 e. The lowest BCUT2D eigenvalue weighted by Gasteiger charge is -2.24. The zero-order valence-corrected chi connectivity index (χ0v) is 12.1. The Labute approximate surface area is 121 Å². The normalized spacial score (nSPS) is 25.5. The standard InChI is InChI=1S/C17H24N2O/c20-17(8-4-7-14-5-2-1-3-6-14)19-12-11-15-9-10-16(13-19)18-15/h1-3,5-6,15-16,18H,4,7-13H2. The summed E-state index contributed by atoms with van der Waals surface area (Å²) in [5.41, 5.74) is 1.33. The first-order chi connectivity index (χ1) is 9.81. The van der Waals surface area contributed by atoms with E-state index in [0.29, 0.717) is 24.4 Å². The summed E-state index contributed by atoms with van der Waals surface area (Å²) in [4.78, 5) is 14.4. The van der Waals surface area contributed by atoms with Crippen molar-refractivity contribution in [2.75, 3.05) is 13.1 Å². The molecule has 1 N–H and O–H groups in total. The Morgan fingerprint density at radius 2 is 1.95 bits per heavy atom. The molecule has 3 heteroatoms. The summed E-state index contributed by atoms with van der Waals surface area (Å²) in [6, 6.07) is 11.6. The summed E-state index contributed by atoms with van der Waals surface area (Å²) in [5.74, 6) is 0.343. The minimum atomic E-state index is 0.343. The van der Waals surface area contributed by atoms with Crippen LogP contribution >= 0.6 is 0 Å². The number of amides is 1. The molecule has 2 heterocycles. The van der Waals surface area contributed by atoms with E-state index in [2.05, 4.69) is 34.5 Å². The topological polar surface area (TPSA) is 32.3 Å². The molecular formula is C17H24N2O. The molecule has 0 aliphatic carbocycles. The molecule has 1 aromatic rings. The number of nitrogens with zero attached hydrogens (tertiary/aromatic N) is 1. The average Bonchev–Trinajstić information content (AvgIpc) is 2.79. The molecule has 0 radical (unpaired) electrons. The summed E-state index contributed by atoms with van der Waals surface area (Å²) in [5, 5.41) is 3.63. The first kappa shape index (κ1) is 13.6. The fourth-order valence-corrected chi connectivity index (χ4v) is 3.42. The maximum atomic E-state index is 12.3. The van der Waals surface area contributed by atoms with Gasteiger partial charge in [0.15, 0.2) is 0 Å². The molecule has 1 aromatic carbocycles. The fourth-order valence-electron chi connectivity index (χ4n) is 3.42. The van der Waals surface area contributed by atoms with Gasteiger partial charge in [0.1, 0.15) is 0 Å². The number of fused-ring (bicyclic) bond motifs is 2. The summed E-state index contributed by atoms with van der Waals surface area (Å²) >= 11 is 0. The molecule has 0 saturated carbocycles. The second-order valence-electron chi connectivity index (χ2n) is 6.11. The highest BCUT2D eigenvalue weighted by atomic mass is 16.2. The second kappa shape index (κ2) is 6.40. The van der Waals surface area contributed by atoms with E-state index in [1.54, 1.807) is 0 Å². The lowest BCUT2D eigenvalue weighted by atomic mass is 10.1. The second-order valence-corrected chi connectivity index (χ2v) is 6.11. The number of rotatable bonds is 4. The van der Waals surface area contributed by atoms with Gasteiger partial charge in [0.05, 0.1) is 0 Å². The summed E-state index contributed by atoms with van der Waals surface area (Å²) in [7, 11) is 0. The minimum absolute atomic E-state index is 0.343. The third-order valence-electron chi connectivity index (χ3n) is 4.57. The number of hydrogen-bond donors (Lipinski definition) is 1. The molecule has 3 rings (SSSR count). The van der Waals surface area contributed by atoms with Crippen molar-refractivity contribution in [1.82, 2.24) is 10.2 Å². The van der Waals surface area contributed by atoms with Crippen LogP contribution in [0, 0.1) is 0 Å². The highest BCUT2D eigenvalue weighted by molar-refractivity contribution is 5.76. The maximum absolute atomic E-state index is 12.3. The molecule has 3 nitrogen and oxygen atoms in total. The number of hydrogen-bond acceptors (Lipinski definition) is 2. The van der Waals surface area contributed by atoms with Crippen LogP contribution in [0.1, 0.15) is 37.7 Å². The molecule has 0 spiro atoms. The van der Waals surface area contributed by atoms with Gasteiger partial charge in [-0.25, -0.2) is 0 Å². The van der Waals surface area contributed by atoms with Crippen LogP contribution < -0.4 is 5.32 Å². The molecule has 2 aliphatic heterocycles. The van der Waals surface area contributed by atoms with Crippen LogP contribution in [0.5, 0.6) is 0 Å². The maximum Gasteiger partial charge on any atom is 0.222 e. The zero-order chi connectivity index (χ0) is 13.8. The van der Waals surface area contributed by atoms with Gasteiger partial charge in [0, 0.05) is 31.6 Å². The molecule has 2 atom stereocenters. The van der Waals surface area contributed by atoms with Crippen LogP contribution in [0.15, 0.2) is 30.3 Å². The van der Waals surface area contributed by atoms with Crippen LogP contribution in [0.25, 0.3) is 0 Å². The van der Waals surface area contributed by atoms with Crippen molar-refractivity contribution in [3.8, 4) is 0 Å². The summed E-state index contributed by atoms with van der Waals surface area (Å²) in [6.07, 6.45) is 6.30. The monoisotopic (exact) mass is 272 g/mol. The first-order valence-corrected chi connectivity index (χ1v) is 7.89. The van der Waals surface area contributed by atoms with Crippen molar-refractivity contribution in [3.05, 3.63) is 35.9 Å². The molecule has 2 saturated heterocycles. The first-order valence-electron chi connectivity index (χ1n) is 7.89. The molecule has 2 unspecified atom stereocenters. The number of carbonyl (C=O) groups excluding carboxylic acids is 1. The van der Waals surface area contributed by atoms with E-state index < -0.39 is 0 Å². The van der Waals surface area contributed by atoms with E-state index in [9.17, 15) is 4.79 Å². The van der Waals surface area contributed by atoms with E-state index in [4.69, 9.17) is 0 Å². The molecule has 20 heavy (non-hydrogen) atoms. The van der Waals surface area contributed by atoms with Crippen LogP contribution in [-0.2, 0) is 11.2 Å². The van der Waals surface area contributed by atoms with Crippen molar-refractivity contribution in [3.63, 3.8) is 0 Å². The van der Waals surface area contributed by atoms with Gasteiger partial charge in [0.25, 0.3) is 0 Å². The zero-order valence-electron chi connectivity index (χ0n) is 12.1. The summed E-state index contributed by atoms with van der Waals surface area (Å²) in [6.45, 7) is 1.86. The summed E-state index contributed by atoms with van der Waals surface area (Å²) < 4.78 is 0. The number of aryl methyl sites for hydroxylation is 1. The quantitative estimate of drug-likeness (QED) is 0.912. The van der Waals surface area contributed by atoms with Crippen LogP contribution in [0.2, 0.25) is 0 Å². The smallest absolute Gasteiger partial charge is 0.222 e. The van der Waals surface area contributed by atoms with Crippen LogP contribution in [-0.4, -0.2) is 36.0 Å².